The van der Waals surface area contributed by atoms with Crippen molar-refractivity contribution in [2.24, 2.45) is 0 Å². The quantitative estimate of drug-likeness (QED) is 0.543. The van der Waals surface area contributed by atoms with E-state index in [2.05, 4.69) is 5.32 Å². The zero-order chi connectivity index (χ0) is 14.8. The van der Waals surface area contributed by atoms with Gasteiger partial charge in [-0.05, 0) is 32.8 Å². The van der Waals surface area contributed by atoms with Crippen LogP contribution in [-0.2, 0) is 4.74 Å². The van der Waals surface area contributed by atoms with Crippen LogP contribution in [0.25, 0.3) is 0 Å². The smallest absolute Gasteiger partial charge is 0.408 e. The van der Waals surface area contributed by atoms with Crippen LogP contribution in [0.5, 0.6) is 0 Å². The Bertz CT molecular complexity index is 361. The number of carbonyl (C=O) groups is 1. The number of aliphatic hydroxyl groups is 3. The molecule has 0 aromatic rings. The summed E-state index contributed by atoms with van der Waals surface area (Å²) in [6, 6.07) is -0.775. The third-order valence-electron chi connectivity index (χ3n) is 2.91. The molecule has 0 heterocycles. The topological polar surface area (TPSA) is 99.0 Å². The molecule has 0 saturated heterocycles. The lowest BCUT2D eigenvalue weighted by atomic mass is 9.87. The molecule has 0 saturated carbocycles. The summed E-state index contributed by atoms with van der Waals surface area (Å²) < 4.78 is 5.09. The molecule has 0 aromatic heterocycles. The van der Waals surface area contributed by atoms with E-state index in [9.17, 15) is 20.1 Å². The van der Waals surface area contributed by atoms with E-state index in [-0.39, 0.29) is 0 Å². The van der Waals surface area contributed by atoms with Gasteiger partial charge in [0.15, 0.2) is 0 Å². The van der Waals surface area contributed by atoms with Gasteiger partial charge >= 0.3 is 6.09 Å². The van der Waals surface area contributed by atoms with Crippen LogP contribution in [0.15, 0.2) is 11.6 Å². The Morgan fingerprint density at radius 2 is 1.89 bits per heavy atom. The summed E-state index contributed by atoms with van der Waals surface area (Å²) in [5.74, 6) is 0. The maximum atomic E-state index is 11.6. The molecule has 0 spiro atoms. The fourth-order valence-corrected chi connectivity index (χ4v) is 1.94. The standard InChI is InChI=1S/C13H23NO5/c1-5-7-6-8(10(16)11(17)9(7)15)14-12(18)19-13(2,3)4/h6,8-11,15-17H,5H2,1-4H3,(H,14,18). The summed E-state index contributed by atoms with van der Waals surface area (Å²) in [5, 5.41) is 31.8. The highest BCUT2D eigenvalue weighted by Crippen LogP contribution is 2.22. The van der Waals surface area contributed by atoms with Gasteiger partial charge in [-0.3, -0.25) is 0 Å². The van der Waals surface area contributed by atoms with Crippen LogP contribution < -0.4 is 5.32 Å². The first-order chi connectivity index (χ1) is 8.65. The molecule has 1 aliphatic carbocycles. The van der Waals surface area contributed by atoms with Gasteiger partial charge in [0.1, 0.15) is 23.9 Å². The van der Waals surface area contributed by atoms with Crippen molar-refractivity contribution >= 4 is 6.09 Å². The lowest BCUT2D eigenvalue weighted by Gasteiger charge is -2.35. The molecule has 0 aliphatic heterocycles. The number of nitrogens with one attached hydrogen (secondary N) is 1. The molecule has 1 aliphatic rings. The fourth-order valence-electron chi connectivity index (χ4n) is 1.94. The minimum atomic E-state index is -1.32. The molecule has 4 atom stereocenters. The van der Waals surface area contributed by atoms with E-state index in [4.69, 9.17) is 4.74 Å². The monoisotopic (exact) mass is 273 g/mol. The molecule has 0 radical (unpaired) electrons. The SMILES string of the molecule is CCC1=CC(NC(=O)OC(C)(C)C)C(O)C(O)C1O. The molecule has 0 fully saturated rings. The highest BCUT2D eigenvalue weighted by Gasteiger charge is 2.37. The van der Waals surface area contributed by atoms with Gasteiger partial charge in [0, 0.05) is 0 Å². The Hall–Kier alpha value is -1.11. The van der Waals surface area contributed by atoms with Crippen molar-refractivity contribution in [3.05, 3.63) is 11.6 Å². The van der Waals surface area contributed by atoms with Crippen molar-refractivity contribution in [2.75, 3.05) is 0 Å². The van der Waals surface area contributed by atoms with Crippen LogP contribution in [-0.4, -0.2) is 51.4 Å². The van der Waals surface area contributed by atoms with Gasteiger partial charge < -0.3 is 25.4 Å². The normalized spacial score (nSPS) is 31.6. The molecule has 19 heavy (non-hydrogen) atoms. The van der Waals surface area contributed by atoms with Gasteiger partial charge in [-0.15, -0.1) is 0 Å². The summed E-state index contributed by atoms with van der Waals surface area (Å²) in [6.07, 6.45) is -2.27. The highest BCUT2D eigenvalue weighted by molar-refractivity contribution is 5.68. The lowest BCUT2D eigenvalue weighted by molar-refractivity contribution is -0.0627. The van der Waals surface area contributed by atoms with Gasteiger partial charge in [-0.1, -0.05) is 13.0 Å². The van der Waals surface area contributed by atoms with E-state index in [0.29, 0.717) is 12.0 Å². The van der Waals surface area contributed by atoms with E-state index in [0.717, 1.165) is 0 Å². The van der Waals surface area contributed by atoms with Crippen LogP contribution in [0.1, 0.15) is 34.1 Å². The number of hydrogen-bond acceptors (Lipinski definition) is 5. The van der Waals surface area contributed by atoms with Crippen LogP contribution in [0.3, 0.4) is 0 Å². The van der Waals surface area contributed by atoms with Crippen LogP contribution in [0, 0.1) is 0 Å². The maximum absolute atomic E-state index is 11.6. The predicted molar refractivity (Wildman–Crippen MR) is 69.6 cm³/mol. The highest BCUT2D eigenvalue weighted by atomic mass is 16.6. The Morgan fingerprint density at radius 3 is 2.37 bits per heavy atom. The second-order valence-corrected chi connectivity index (χ2v) is 5.69. The first-order valence-corrected chi connectivity index (χ1v) is 6.40. The molecule has 1 amide bonds. The fraction of sp³-hybridized carbons (Fsp3) is 0.769. The van der Waals surface area contributed by atoms with E-state index >= 15 is 0 Å². The molecule has 4 unspecified atom stereocenters. The molecule has 0 bridgehead atoms. The van der Waals surface area contributed by atoms with E-state index in [1.807, 2.05) is 6.92 Å². The van der Waals surface area contributed by atoms with Crippen LogP contribution >= 0.6 is 0 Å². The Balaban J connectivity index is 2.76. The second-order valence-electron chi connectivity index (χ2n) is 5.69. The third kappa shape index (κ3) is 4.19. The zero-order valence-electron chi connectivity index (χ0n) is 11.8. The average molecular weight is 273 g/mol. The van der Waals surface area contributed by atoms with Crippen molar-refractivity contribution in [3.63, 3.8) is 0 Å². The minimum absolute atomic E-state index is 0.525. The lowest BCUT2D eigenvalue weighted by Crippen LogP contribution is -2.55. The van der Waals surface area contributed by atoms with Gasteiger partial charge in [0.05, 0.1) is 6.04 Å². The zero-order valence-corrected chi connectivity index (χ0v) is 11.8. The van der Waals surface area contributed by atoms with Crippen LogP contribution in [0.2, 0.25) is 0 Å². The number of aliphatic hydroxyl groups excluding tert-OH is 3. The van der Waals surface area contributed by atoms with E-state index < -0.39 is 36.0 Å². The van der Waals surface area contributed by atoms with Gasteiger partial charge in [0.2, 0.25) is 0 Å². The molecule has 4 N–H and O–H groups in total. The first kappa shape index (κ1) is 15.9. The Labute approximate surface area is 113 Å². The molecule has 0 aromatic carbocycles. The summed E-state index contributed by atoms with van der Waals surface area (Å²) in [7, 11) is 0. The van der Waals surface area contributed by atoms with Crippen molar-refractivity contribution in [1.29, 1.82) is 0 Å². The number of ether oxygens (including phenoxy) is 1. The molecule has 6 heteroatoms. The van der Waals surface area contributed by atoms with E-state index in [1.54, 1.807) is 26.8 Å². The number of carbonyl (C=O) groups excluding carboxylic acids is 1. The van der Waals surface area contributed by atoms with Crippen LogP contribution in [0.4, 0.5) is 4.79 Å². The molecular weight excluding hydrogens is 250 g/mol. The molecule has 6 nitrogen and oxygen atoms in total. The van der Waals surface area contributed by atoms with Gasteiger partial charge in [-0.25, -0.2) is 4.79 Å². The number of rotatable bonds is 2. The van der Waals surface area contributed by atoms with Gasteiger partial charge in [-0.2, -0.15) is 0 Å². The summed E-state index contributed by atoms with van der Waals surface area (Å²) in [5.41, 5.74) is -0.0575. The van der Waals surface area contributed by atoms with Crippen molar-refractivity contribution in [3.8, 4) is 0 Å². The number of hydrogen-bond donors (Lipinski definition) is 4. The summed E-state index contributed by atoms with van der Waals surface area (Å²) >= 11 is 0. The largest absolute Gasteiger partial charge is 0.444 e. The minimum Gasteiger partial charge on any atom is -0.444 e. The average Bonchev–Trinajstić information content (AvgIpc) is 2.27. The summed E-state index contributed by atoms with van der Waals surface area (Å²) in [6.45, 7) is 7.02. The second kappa shape index (κ2) is 5.90. The van der Waals surface area contributed by atoms with Gasteiger partial charge in [0.25, 0.3) is 0 Å². The first-order valence-electron chi connectivity index (χ1n) is 6.40. The molecule has 1 rings (SSSR count). The summed E-state index contributed by atoms with van der Waals surface area (Å²) in [4.78, 5) is 11.6. The molecular formula is C13H23NO5. The van der Waals surface area contributed by atoms with Crippen molar-refractivity contribution in [1.82, 2.24) is 5.32 Å². The Kier molecular flexibility index (Phi) is 4.95. The number of alkyl carbamates (subject to hydrolysis) is 1. The third-order valence-corrected chi connectivity index (χ3v) is 2.91. The van der Waals surface area contributed by atoms with Crippen molar-refractivity contribution < 1.29 is 24.9 Å². The predicted octanol–water partition coefficient (Wildman–Crippen LogP) is 0.312. The van der Waals surface area contributed by atoms with E-state index in [1.165, 1.54) is 0 Å². The van der Waals surface area contributed by atoms with Crippen molar-refractivity contribution in [2.45, 2.75) is 64.1 Å². The molecule has 110 valence electrons. The number of amides is 1. The Morgan fingerprint density at radius 1 is 1.32 bits per heavy atom. The maximum Gasteiger partial charge on any atom is 0.408 e.